The zero-order valence-electron chi connectivity index (χ0n) is 8.36. The molecule has 4 nitrogen and oxygen atoms in total. The number of thiazole rings is 1. The Hall–Kier alpha value is -1.54. The first-order valence-corrected chi connectivity index (χ1v) is 5.40. The molecule has 0 saturated carbocycles. The minimum atomic E-state index is -0.965. The molecule has 0 aliphatic heterocycles. The summed E-state index contributed by atoms with van der Waals surface area (Å²) >= 11 is 1.09. The van der Waals surface area contributed by atoms with Crippen LogP contribution in [0.15, 0.2) is 6.20 Å². The summed E-state index contributed by atoms with van der Waals surface area (Å²) in [6, 6.07) is -0.0807. The molecule has 1 aromatic heterocycles. The van der Waals surface area contributed by atoms with E-state index in [9.17, 15) is 4.79 Å². The summed E-state index contributed by atoms with van der Waals surface area (Å²) in [6.45, 7) is 2.04. The van der Waals surface area contributed by atoms with E-state index in [-0.39, 0.29) is 10.9 Å². The molecular weight excluding hydrogens is 212 g/mol. The molecule has 0 aliphatic carbocycles. The van der Waals surface area contributed by atoms with Gasteiger partial charge in [-0.3, -0.25) is 0 Å². The largest absolute Gasteiger partial charge is 0.477 e. The molecule has 0 spiro atoms. The average molecular weight is 224 g/mol. The van der Waals surface area contributed by atoms with E-state index in [1.807, 2.05) is 6.92 Å². The van der Waals surface area contributed by atoms with Crippen LogP contribution in [-0.4, -0.2) is 22.1 Å². The number of carboxylic acids is 1. The van der Waals surface area contributed by atoms with Crippen molar-refractivity contribution in [2.45, 2.75) is 25.8 Å². The van der Waals surface area contributed by atoms with Crippen LogP contribution in [0, 0.1) is 12.3 Å². The zero-order chi connectivity index (χ0) is 11.3. The standard InChI is InChI=1S/C10H12N2O2S/c1-3-5-7(4-2)12-10-11-6-8(15-10)9(13)14/h2,6-7H,3,5H2,1H3,(H,11,12)(H,13,14). The summed E-state index contributed by atoms with van der Waals surface area (Å²) in [6.07, 6.45) is 8.47. The molecule has 0 aromatic carbocycles. The molecule has 1 aromatic rings. The maximum Gasteiger partial charge on any atom is 0.347 e. The van der Waals surface area contributed by atoms with Crippen LogP contribution in [0.25, 0.3) is 0 Å². The van der Waals surface area contributed by atoms with Crippen LogP contribution in [0.4, 0.5) is 5.13 Å². The average Bonchev–Trinajstić information content (AvgIpc) is 2.65. The number of hydrogen-bond donors (Lipinski definition) is 2. The molecule has 1 rings (SSSR count). The number of aromatic carboxylic acids is 1. The number of carboxylic acid groups (broad SMARTS) is 1. The maximum absolute atomic E-state index is 10.6. The number of rotatable bonds is 5. The Morgan fingerprint density at radius 3 is 3.07 bits per heavy atom. The number of nitrogens with zero attached hydrogens (tertiary/aromatic N) is 1. The van der Waals surface area contributed by atoms with Crippen molar-refractivity contribution in [2.24, 2.45) is 0 Å². The van der Waals surface area contributed by atoms with Crippen molar-refractivity contribution in [3.63, 3.8) is 0 Å². The van der Waals surface area contributed by atoms with Gasteiger partial charge in [0, 0.05) is 0 Å². The minimum Gasteiger partial charge on any atom is -0.477 e. The lowest BCUT2D eigenvalue weighted by Crippen LogP contribution is -2.16. The van der Waals surface area contributed by atoms with Gasteiger partial charge in [-0.2, -0.15) is 0 Å². The third-order valence-corrected chi connectivity index (χ3v) is 2.71. The molecule has 0 aliphatic rings. The fourth-order valence-electron chi connectivity index (χ4n) is 1.07. The Morgan fingerprint density at radius 2 is 2.60 bits per heavy atom. The second-order valence-electron chi connectivity index (χ2n) is 2.99. The van der Waals surface area contributed by atoms with Gasteiger partial charge in [0.15, 0.2) is 5.13 Å². The summed E-state index contributed by atoms with van der Waals surface area (Å²) in [5.74, 6) is 1.63. The van der Waals surface area contributed by atoms with E-state index < -0.39 is 5.97 Å². The van der Waals surface area contributed by atoms with Gasteiger partial charge in [0.05, 0.1) is 12.2 Å². The van der Waals surface area contributed by atoms with Crippen LogP contribution >= 0.6 is 11.3 Å². The number of nitrogens with one attached hydrogen (secondary N) is 1. The van der Waals surface area contributed by atoms with Gasteiger partial charge >= 0.3 is 5.97 Å². The molecule has 80 valence electrons. The summed E-state index contributed by atoms with van der Waals surface area (Å²) < 4.78 is 0. The molecule has 1 unspecified atom stereocenters. The molecule has 5 heteroatoms. The van der Waals surface area contributed by atoms with Gasteiger partial charge < -0.3 is 10.4 Å². The van der Waals surface area contributed by atoms with Gasteiger partial charge in [-0.25, -0.2) is 9.78 Å². The van der Waals surface area contributed by atoms with Crippen LogP contribution in [0.3, 0.4) is 0 Å². The van der Waals surface area contributed by atoms with Crippen LogP contribution in [0.2, 0.25) is 0 Å². The van der Waals surface area contributed by atoms with Crippen molar-refractivity contribution in [1.29, 1.82) is 0 Å². The summed E-state index contributed by atoms with van der Waals surface area (Å²) in [7, 11) is 0. The van der Waals surface area contributed by atoms with Gasteiger partial charge in [-0.1, -0.05) is 30.6 Å². The van der Waals surface area contributed by atoms with E-state index in [1.54, 1.807) is 0 Å². The normalized spacial score (nSPS) is 11.7. The van der Waals surface area contributed by atoms with Crippen molar-refractivity contribution in [3.05, 3.63) is 11.1 Å². The smallest absolute Gasteiger partial charge is 0.347 e. The Labute approximate surface area is 92.4 Å². The Kier molecular flexibility index (Phi) is 4.13. The van der Waals surface area contributed by atoms with Crippen molar-refractivity contribution in [1.82, 2.24) is 4.98 Å². The Bertz CT molecular complexity index is 381. The van der Waals surface area contributed by atoms with E-state index in [0.717, 1.165) is 24.2 Å². The second kappa shape index (κ2) is 5.37. The van der Waals surface area contributed by atoms with Crippen molar-refractivity contribution < 1.29 is 9.90 Å². The first kappa shape index (κ1) is 11.5. The molecule has 1 atom stereocenters. The summed E-state index contributed by atoms with van der Waals surface area (Å²) in [5, 5.41) is 12.3. The van der Waals surface area contributed by atoms with Crippen LogP contribution in [-0.2, 0) is 0 Å². The molecular formula is C10H12N2O2S. The quantitative estimate of drug-likeness (QED) is 0.751. The molecule has 0 fully saturated rings. The van der Waals surface area contributed by atoms with Gasteiger partial charge in [0.1, 0.15) is 4.88 Å². The SMILES string of the molecule is C#CC(CCC)Nc1ncc(C(=O)O)s1. The predicted molar refractivity (Wildman–Crippen MR) is 60.2 cm³/mol. The lowest BCUT2D eigenvalue weighted by Gasteiger charge is -2.09. The monoisotopic (exact) mass is 224 g/mol. The number of anilines is 1. The third kappa shape index (κ3) is 3.26. The van der Waals surface area contributed by atoms with Gasteiger partial charge in [0.2, 0.25) is 0 Å². The number of carbonyl (C=O) groups is 1. The molecule has 0 radical (unpaired) electrons. The van der Waals surface area contributed by atoms with Crippen molar-refractivity contribution in [3.8, 4) is 12.3 Å². The Morgan fingerprint density at radius 1 is 1.87 bits per heavy atom. The predicted octanol–water partition coefficient (Wildman–Crippen LogP) is 2.06. The van der Waals surface area contributed by atoms with E-state index in [4.69, 9.17) is 11.5 Å². The molecule has 0 bridgehead atoms. The summed E-state index contributed by atoms with van der Waals surface area (Å²) in [5.41, 5.74) is 0. The van der Waals surface area contributed by atoms with Crippen molar-refractivity contribution in [2.75, 3.05) is 5.32 Å². The number of terminal acetylenes is 1. The van der Waals surface area contributed by atoms with Gasteiger partial charge in [0.25, 0.3) is 0 Å². The zero-order valence-corrected chi connectivity index (χ0v) is 9.17. The number of aromatic nitrogens is 1. The lowest BCUT2D eigenvalue weighted by atomic mass is 10.2. The Balaban J connectivity index is 2.64. The highest BCUT2D eigenvalue weighted by Crippen LogP contribution is 2.19. The van der Waals surface area contributed by atoms with E-state index in [1.165, 1.54) is 6.20 Å². The maximum atomic E-state index is 10.6. The number of hydrogen-bond acceptors (Lipinski definition) is 4. The van der Waals surface area contributed by atoms with E-state index in [0.29, 0.717) is 5.13 Å². The van der Waals surface area contributed by atoms with E-state index >= 15 is 0 Å². The van der Waals surface area contributed by atoms with Crippen molar-refractivity contribution >= 4 is 22.4 Å². The molecule has 15 heavy (non-hydrogen) atoms. The lowest BCUT2D eigenvalue weighted by molar-refractivity contribution is 0.0702. The van der Waals surface area contributed by atoms with Crippen LogP contribution < -0.4 is 5.32 Å². The molecule has 0 saturated heterocycles. The first-order valence-electron chi connectivity index (χ1n) is 4.59. The molecule has 0 amide bonds. The highest BCUT2D eigenvalue weighted by molar-refractivity contribution is 7.17. The first-order chi connectivity index (χ1) is 7.17. The second-order valence-corrected chi connectivity index (χ2v) is 4.02. The topological polar surface area (TPSA) is 62.2 Å². The fraction of sp³-hybridized carbons (Fsp3) is 0.400. The molecule has 1 heterocycles. The van der Waals surface area contributed by atoms with E-state index in [2.05, 4.69) is 16.2 Å². The minimum absolute atomic E-state index is 0.0807. The fourth-order valence-corrected chi connectivity index (χ4v) is 1.78. The van der Waals surface area contributed by atoms with Gasteiger partial charge in [-0.15, -0.1) is 6.42 Å². The molecule has 2 N–H and O–H groups in total. The third-order valence-electron chi connectivity index (χ3n) is 1.79. The van der Waals surface area contributed by atoms with Gasteiger partial charge in [-0.05, 0) is 6.42 Å². The highest BCUT2D eigenvalue weighted by Gasteiger charge is 2.10. The van der Waals surface area contributed by atoms with Crippen LogP contribution in [0.5, 0.6) is 0 Å². The van der Waals surface area contributed by atoms with Crippen LogP contribution in [0.1, 0.15) is 29.4 Å². The highest BCUT2D eigenvalue weighted by atomic mass is 32.1. The summed E-state index contributed by atoms with van der Waals surface area (Å²) in [4.78, 5) is 14.7.